The topological polar surface area (TPSA) is 355 Å². The predicted molar refractivity (Wildman–Crippen MR) is 279 cm³/mol. The Morgan fingerprint density at radius 3 is 1.86 bits per heavy atom. The van der Waals surface area contributed by atoms with Gasteiger partial charge in [-0.05, 0) is 73.5 Å². The second-order valence-corrected chi connectivity index (χ2v) is 20.8. The fourth-order valence-corrected chi connectivity index (χ4v) is 10.2. The number of aromatic hydroxyl groups is 1. The molecule has 0 bridgehead atoms. The molecule has 0 spiro atoms. The fraction of sp³-hybridized carbons (Fsp3) is 0.440. The molecule has 9 atom stereocenters. The molecule has 4 aromatic rings. The highest BCUT2D eigenvalue weighted by Gasteiger charge is 2.36. The third kappa shape index (κ3) is 17.2. The van der Waals surface area contributed by atoms with Gasteiger partial charge in [0, 0.05) is 47.9 Å². The number of carbonyl (C=O) groups is 8. The number of aromatic amines is 1. The largest absolute Gasteiger partial charge is 0.508 e. The molecule has 16 N–H and O–H groups in total. The van der Waals surface area contributed by atoms with Crippen LogP contribution in [0.25, 0.3) is 10.9 Å². The van der Waals surface area contributed by atoms with Crippen molar-refractivity contribution in [1.82, 2.24) is 42.2 Å². The highest BCUT2D eigenvalue weighted by Crippen LogP contribution is 2.25. The number of H-pyrrole nitrogens is 1. The molecule has 1 aliphatic rings. The van der Waals surface area contributed by atoms with Gasteiger partial charge in [-0.2, -0.15) is 0 Å². The molecule has 73 heavy (non-hydrogen) atoms. The van der Waals surface area contributed by atoms with E-state index in [4.69, 9.17) is 17.2 Å². The second-order valence-electron chi connectivity index (χ2n) is 18.2. The number of primary amides is 1. The number of aliphatic hydroxyl groups is 1. The number of phenols is 1. The fourth-order valence-electron chi connectivity index (χ4n) is 7.89. The van der Waals surface area contributed by atoms with E-state index in [0.29, 0.717) is 29.5 Å². The number of phenolic OH excluding ortho intramolecular Hbond substituents is 1. The van der Waals surface area contributed by atoms with Gasteiger partial charge in [0.1, 0.15) is 54.1 Å². The molecule has 1 aliphatic heterocycles. The van der Waals surface area contributed by atoms with Gasteiger partial charge in [-0.1, -0.05) is 96.1 Å². The molecule has 0 saturated carbocycles. The van der Waals surface area contributed by atoms with Crippen LogP contribution in [0.4, 0.5) is 0 Å². The van der Waals surface area contributed by atoms with Crippen LogP contribution in [0.3, 0.4) is 0 Å². The number of amides is 8. The summed E-state index contributed by atoms with van der Waals surface area (Å²) >= 11 is 0. The zero-order chi connectivity index (χ0) is 53.2. The van der Waals surface area contributed by atoms with Crippen molar-refractivity contribution >= 4 is 79.7 Å². The first-order valence-corrected chi connectivity index (χ1v) is 26.5. The van der Waals surface area contributed by atoms with Crippen LogP contribution < -0.4 is 54.4 Å². The summed E-state index contributed by atoms with van der Waals surface area (Å²) in [6, 6.07) is 11.2. The lowest BCUT2D eigenvalue weighted by molar-refractivity contribution is -0.135. The van der Waals surface area contributed by atoms with Crippen LogP contribution in [0, 0.1) is 5.92 Å². The van der Waals surface area contributed by atoms with Gasteiger partial charge in [0.2, 0.25) is 47.3 Å². The van der Waals surface area contributed by atoms with Gasteiger partial charge in [-0.3, -0.25) is 38.4 Å². The quantitative estimate of drug-likeness (QED) is 0.0476. The molecule has 0 aliphatic carbocycles. The highest BCUT2D eigenvalue weighted by molar-refractivity contribution is 8.76. The average Bonchev–Trinajstić information content (AvgIpc) is 3.77. The summed E-state index contributed by atoms with van der Waals surface area (Å²) in [5, 5.41) is 40.0. The number of fused-ring (bicyclic) bond motifs is 1. The first kappa shape index (κ1) is 57.2. The number of aromatic nitrogens is 1. The molecule has 394 valence electrons. The van der Waals surface area contributed by atoms with Crippen molar-refractivity contribution in [1.29, 1.82) is 0 Å². The molecule has 0 radical (unpaired) electrons. The Bertz CT molecular complexity index is 2530. The van der Waals surface area contributed by atoms with Crippen molar-refractivity contribution in [3.8, 4) is 5.75 Å². The average molecular weight is 1050 g/mol. The van der Waals surface area contributed by atoms with Crippen LogP contribution >= 0.6 is 21.6 Å². The molecule has 1 saturated heterocycles. The smallest absolute Gasteiger partial charge is 0.244 e. The maximum absolute atomic E-state index is 14.8. The molecule has 0 unspecified atom stereocenters. The van der Waals surface area contributed by atoms with Gasteiger partial charge in [0.05, 0.1) is 6.10 Å². The summed E-state index contributed by atoms with van der Waals surface area (Å²) in [6.07, 6.45) is 0.969. The minimum atomic E-state index is -1.45. The monoisotopic (exact) mass is 1050 g/mol. The maximum Gasteiger partial charge on any atom is 0.244 e. The van der Waals surface area contributed by atoms with Crippen molar-refractivity contribution in [2.24, 2.45) is 23.1 Å². The Morgan fingerprint density at radius 1 is 0.699 bits per heavy atom. The van der Waals surface area contributed by atoms with Crippen LogP contribution in [-0.2, 0) is 57.6 Å². The zero-order valence-electron chi connectivity index (χ0n) is 40.9. The van der Waals surface area contributed by atoms with E-state index in [1.807, 2.05) is 24.3 Å². The van der Waals surface area contributed by atoms with Crippen molar-refractivity contribution < 1.29 is 48.6 Å². The number of rotatable bonds is 17. The Labute approximate surface area is 431 Å². The standard InChI is InChI=1S/C50H67N11O10S2/c1-27(2)42(43(53)64)61-49(70)40-26-73-72-25-39(60-50(71)41(52)28(3)62)48(69)57-36(21-29-11-5-4-6-12-29)45(66)58-38(23-31-24-54-34-14-8-7-13-33(31)34)47(68)55-35(15-9-10-20-51)44(65)56-37(46(67)59-40)22-30-16-18-32(63)19-17-30/h4-8,11-14,16-19,24,27-28,35-42,54,62-63H,9-10,15,20-23,25-26,51-52H2,1-3H3,(H2,53,64)(H,55,68)(H,56,65)(H,57,69)(H,58,66)(H,59,67)(H,60,71)(H,61,70)/t28-,35+,36+,37+,38+,39+,40+,41+,42+/m1/s1. The summed E-state index contributed by atoms with van der Waals surface area (Å²) in [5.74, 6) is -7.41. The molecule has 1 aromatic heterocycles. The maximum atomic E-state index is 14.8. The molecule has 21 nitrogen and oxygen atoms in total. The molecular formula is C50H67N11O10S2. The minimum absolute atomic E-state index is 0.0528. The number of hydrogen-bond donors (Lipinski definition) is 13. The second kappa shape index (κ2) is 28.0. The number of nitrogens with two attached hydrogens (primary N) is 3. The van der Waals surface area contributed by atoms with Gasteiger partial charge < -0.3 is 69.6 Å². The number of benzene rings is 3. The molecule has 1 fully saturated rings. The third-order valence-electron chi connectivity index (χ3n) is 12.1. The number of para-hydroxylation sites is 1. The van der Waals surface area contributed by atoms with Crippen LogP contribution in [-0.4, -0.2) is 135 Å². The van der Waals surface area contributed by atoms with E-state index >= 15 is 0 Å². The lowest BCUT2D eigenvalue weighted by atomic mass is 10.0. The van der Waals surface area contributed by atoms with Crippen LogP contribution in [0.1, 0.15) is 56.7 Å². The van der Waals surface area contributed by atoms with E-state index in [2.05, 4.69) is 42.2 Å². The Morgan fingerprint density at radius 2 is 1.25 bits per heavy atom. The SMILES string of the molecule is CC(C)[C@H](NC(=O)[C@@H]1CSSC[C@H](NC(=O)[C@@H](N)[C@@H](C)O)C(=O)N[C@@H](Cc2ccccc2)C(=O)N[C@@H](Cc2c[nH]c3ccccc23)C(=O)N[C@@H](CCCCN)C(=O)N[C@@H](Cc2ccc(O)cc2)C(=O)N1)C(N)=O. The Hall–Kier alpha value is -6.66. The molecule has 23 heteroatoms. The molecule has 8 amide bonds. The van der Waals surface area contributed by atoms with Crippen molar-refractivity contribution in [3.05, 3.63) is 102 Å². The van der Waals surface area contributed by atoms with E-state index in [-0.39, 0.29) is 49.5 Å². The molecule has 5 rings (SSSR count). The van der Waals surface area contributed by atoms with Gasteiger partial charge >= 0.3 is 0 Å². The number of nitrogens with one attached hydrogen (secondary N) is 8. The van der Waals surface area contributed by atoms with Gasteiger partial charge in [-0.25, -0.2) is 0 Å². The van der Waals surface area contributed by atoms with E-state index < -0.39 is 108 Å². The highest BCUT2D eigenvalue weighted by atomic mass is 33.1. The van der Waals surface area contributed by atoms with E-state index in [9.17, 15) is 48.6 Å². The lowest BCUT2D eigenvalue weighted by Crippen LogP contribution is -2.61. The summed E-state index contributed by atoms with van der Waals surface area (Å²) < 4.78 is 0. The first-order chi connectivity index (χ1) is 34.8. The van der Waals surface area contributed by atoms with Crippen LogP contribution in [0.5, 0.6) is 5.75 Å². The summed E-state index contributed by atoms with van der Waals surface area (Å²) in [7, 11) is 2.03. The summed E-state index contributed by atoms with van der Waals surface area (Å²) in [5.41, 5.74) is 20.0. The van der Waals surface area contributed by atoms with E-state index in [0.717, 1.165) is 32.5 Å². The van der Waals surface area contributed by atoms with Crippen molar-refractivity contribution in [3.63, 3.8) is 0 Å². The van der Waals surface area contributed by atoms with Gasteiger partial charge in [0.25, 0.3) is 0 Å². The molecular weight excluding hydrogens is 979 g/mol. The van der Waals surface area contributed by atoms with Crippen molar-refractivity contribution in [2.45, 2.75) is 114 Å². The van der Waals surface area contributed by atoms with Gasteiger partial charge in [0.15, 0.2) is 0 Å². The number of carbonyl (C=O) groups excluding carboxylic acids is 8. The van der Waals surface area contributed by atoms with E-state index in [1.165, 1.54) is 19.1 Å². The van der Waals surface area contributed by atoms with Crippen LogP contribution in [0.15, 0.2) is 85.1 Å². The zero-order valence-corrected chi connectivity index (χ0v) is 42.6. The van der Waals surface area contributed by atoms with Crippen molar-refractivity contribution in [2.75, 3.05) is 18.1 Å². The number of unbranched alkanes of at least 4 members (excludes halogenated alkanes) is 1. The van der Waals surface area contributed by atoms with Gasteiger partial charge in [-0.15, -0.1) is 0 Å². The summed E-state index contributed by atoms with van der Waals surface area (Å²) in [4.78, 5) is 116. The van der Waals surface area contributed by atoms with Crippen LogP contribution in [0.2, 0.25) is 0 Å². The minimum Gasteiger partial charge on any atom is -0.508 e. The summed E-state index contributed by atoms with van der Waals surface area (Å²) in [6.45, 7) is 4.91. The first-order valence-electron chi connectivity index (χ1n) is 24.0. The number of hydrogen-bond acceptors (Lipinski definition) is 14. The molecule has 3 aromatic carbocycles. The predicted octanol–water partition coefficient (Wildman–Crippen LogP) is -0.332. The normalized spacial score (nSPS) is 22.1. The Kier molecular flexibility index (Phi) is 21.9. The van der Waals surface area contributed by atoms with E-state index in [1.54, 1.807) is 62.5 Å². The lowest BCUT2D eigenvalue weighted by Gasteiger charge is -2.29. The number of aliphatic hydroxyl groups excluding tert-OH is 1. The molecule has 2 heterocycles. The third-order valence-corrected chi connectivity index (χ3v) is 14.6. The Balaban J connectivity index is 1.62.